The van der Waals surface area contributed by atoms with Gasteiger partial charge in [0.2, 0.25) is 10.0 Å². The SMILES string of the molecule is NS(=O)(=O)c1ccc(-n2ncc3c(=O)[nH]c(SCc4cccc(F)c4)nc32)cc1. The molecule has 0 spiro atoms. The smallest absolute Gasteiger partial charge is 0.262 e. The molecule has 8 nitrogen and oxygen atoms in total. The van der Waals surface area contributed by atoms with Crippen LogP contribution in [0.1, 0.15) is 5.56 Å². The maximum Gasteiger partial charge on any atom is 0.262 e. The van der Waals surface area contributed by atoms with E-state index in [1.54, 1.807) is 12.1 Å². The van der Waals surface area contributed by atoms with Crippen LogP contribution in [0.25, 0.3) is 16.7 Å². The van der Waals surface area contributed by atoms with E-state index in [0.717, 1.165) is 5.56 Å². The van der Waals surface area contributed by atoms with Crippen molar-refractivity contribution in [3.05, 3.63) is 76.5 Å². The van der Waals surface area contributed by atoms with E-state index in [-0.39, 0.29) is 21.7 Å². The summed E-state index contributed by atoms with van der Waals surface area (Å²) >= 11 is 1.25. The van der Waals surface area contributed by atoms with Gasteiger partial charge in [-0.2, -0.15) is 5.10 Å². The molecule has 0 atom stereocenters. The van der Waals surface area contributed by atoms with Crippen LogP contribution in [0.3, 0.4) is 0 Å². The standard InChI is InChI=1S/C18H14FN5O3S2/c19-12-3-1-2-11(8-12)10-28-18-22-16-15(17(25)23-18)9-21-24(16)13-4-6-14(7-5-13)29(20,26)27/h1-9H,10H2,(H2,20,26,27)(H,22,23,25). The lowest BCUT2D eigenvalue weighted by atomic mass is 10.2. The molecule has 148 valence electrons. The van der Waals surface area contributed by atoms with E-state index in [4.69, 9.17) is 5.14 Å². The molecule has 4 rings (SSSR count). The summed E-state index contributed by atoms with van der Waals surface area (Å²) in [5.74, 6) is 0.0877. The molecule has 2 aromatic carbocycles. The second-order valence-corrected chi connectivity index (χ2v) is 8.65. The molecule has 3 N–H and O–H groups in total. The van der Waals surface area contributed by atoms with Gasteiger partial charge in [-0.25, -0.2) is 27.6 Å². The molecule has 0 saturated heterocycles. The Morgan fingerprint density at radius 2 is 1.93 bits per heavy atom. The molecular weight excluding hydrogens is 417 g/mol. The van der Waals surface area contributed by atoms with Gasteiger partial charge in [0.25, 0.3) is 5.56 Å². The van der Waals surface area contributed by atoms with Gasteiger partial charge in [0.05, 0.1) is 16.8 Å². The number of hydrogen-bond donors (Lipinski definition) is 2. The maximum atomic E-state index is 13.3. The van der Waals surface area contributed by atoms with Crippen molar-refractivity contribution < 1.29 is 12.8 Å². The van der Waals surface area contributed by atoms with E-state index >= 15 is 0 Å². The maximum absolute atomic E-state index is 13.3. The number of nitrogens with one attached hydrogen (secondary N) is 1. The molecule has 0 aliphatic carbocycles. The largest absolute Gasteiger partial charge is 0.301 e. The van der Waals surface area contributed by atoms with Gasteiger partial charge in [0.1, 0.15) is 11.2 Å². The van der Waals surface area contributed by atoms with Crippen LogP contribution in [0.5, 0.6) is 0 Å². The first-order valence-corrected chi connectivity index (χ1v) is 10.8. The highest BCUT2D eigenvalue weighted by molar-refractivity contribution is 7.98. The number of nitrogens with two attached hydrogens (primary N) is 1. The molecule has 0 radical (unpaired) electrons. The number of H-pyrrole nitrogens is 1. The monoisotopic (exact) mass is 431 g/mol. The van der Waals surface area contributed by atoms with E-state index in [1.165, 1.54) is 59.0 Å². The van der Waals surface area contributed by atoms with Gasteiger partial charge in [-0.05, 0) is 42.0 Å². The van der Waals surface area contributed by atoms with Crippen molar-refractivity contribution in [2.24, 2.45) is 5.14 Å². The third-order valence-electron chi connectivity index (χ3n) is 4.09. The molecule has 29 heavy (non-hydrogen) atoms. The molecule has 0 aliphatic rings. The predicted molar refractivity (Wildman–Crippen MR) is 107 cm³/mol. The molecule has 2 heterocycles. The molecular formula is C18H14FN5O3S2. The van der Waals surface area contributed by atoms with Gasteiger partial charge >= 0.3 is 0 Å². The number of hydrogen-bond acceptors (Lipinski definition) is 6. The van der Waals surface area contributed by atoms with Crippen LogP contribution >= 0.6 is 11.8 Å². The quantitative estimate of drug-likeness (QED) is 0.369. The lowest BCUT2D eigenvalue weighted by Crippen LogP contribution is -2.12. The molecule has 0 saturated carbocycles. The van der Waals surface area contributed by atoms with E-state index in [0.29, 0.717) is 22.2 Å². The van der Waals surface area contributed by atoms with E-state index < -0.39 is 10.0 Å². The summed E-state index contributed by atoms with van der Waals surface area (Å²) in [7, 11) is -3.81. The predicted octanol–water partition coefficient (Wildman–Crippen LogP) is 2.19. The molecule has 0 fully saturated rings. The lowest BCUT2D eigenvalue weighted by molar-refractivity contribution is 0.597. The zero-order chi connectivity index (χ0) is 20.6. The number of fused-ring (bicyclic) bond motifs is 1. The Hall–Kier alpha value is -3.02. The number of benzene rings is 2. The Morgan fingerprint density at radius 1 is 1.17 bits per heavy atom. The van der Waals surface area contributed by atoms with Crippen molar-refractivity contribution in [2.45, 2.75) is 15.8 Å². The lowest BCUT2D eigenvalue weighted by Gasteiger charge is -2.06. The van der Waals surface area contributed by atoms with Crippen LogP contribution in [0.15, 0.2) is 69.6 Å². The molecule has 0 amide bonds. The fourth-order valence-corrected chi connectivity index (χ4v) is 4.03. The summed E-state index contributed by atoms with van der Waals surface area (Å²) < 4.78 is 37.6. The van der Waals surface area contributed by atoms with Crippen LogP contribution in [0.2, 0.25) is 0 Å². The first-order chi connectivity index (χ1) is 13.8. The van der Waals surface area contributed by atoms with Crippen LogP contribution < -0.4 is 10.7 Å². The van der Waals surface area contributed by atoms with E-state index in [1.807, 2.05) is 0 Å². The third kappa shape index (κ3) is 4.06. The Balaban J connectivity index is 1.69. The summed E-state index contributed by atoms with van der Waals surface area (Å²) in [5, 5.41) is 9.94. The normalized spacial score (nSPS) is 11.8. The summed E-state index contributed by atoms with van der Waals surface area (Å²) in [5.41, 5.74) is 1.24. The van der Waals surface area contributed by atoms with Crippen molar-refractivity contribution in [1.29, 1.82) is 0 Å². The van der Waals surface area contributed by atoms with Crippen molar-refractivity contribution in [2.75, 3.05) is 0 Å². The molecule has 4 aromatic rings. The Morgan fingerprint density at radius 3 is 2.62 bits per heavy atom. The number of halogens is 1. The molecule has 0 aliphatic heterocycles. The van der Waals surface area contributed by atoms with Crippen LogP contribution in [-0.2, 0) is 15.8 Å². The van der Waals surface area contributed by atoms with Gasteiger partial charge in [0, 0.05) is 5.75 Å². The molecule has 2 aromatic heterocycles. The molecule has 0 unspecified atom stereocenters. The second kappa shape index (κ2) is 7.43. The van der Waals surface area contributed by atoms with Gasteiger partial charge in [-0.15, -0.1) is 0 Å². The minimum Gasteiger partial charge on any atom is -0.301 e. The van der Waals surface area contributed by atoms with Crippen molar-refractivity contribution in [3.8, 4) is 5.69 Å². The summed E-state index contributed by atoms with van der Waals surface area (Å²) in [6.07, 6.45) is 1.38. The first-order valence-electron chi connectivity index (χ1n) is 8.30. The van der Waals surface area contributed by atoms with Gasteiger partial charge < -0.3 is 4.98 Å². The van der Waals surface area contributed by atoms with Crippen molar-refractivity contribution in [3.63, 3.8) is 0 Å². The molecule has 11 heteroatoms. The number of thioether (sulfide) groups is 1. The van der Waals surface area contributed by atoms with Gasteiger partial charge in [0.15, 0.2) is 10.8 Å². The zero-order valence-corrected chi connectivity index (χ0v) is 16.4. The second-order valence-electron chi connectivity index (χ2n) is 6.12. The zero-order valence-electron chi connectivity index (χ0n) is 14.7. The fraction of sp³-hybridized carbons (Fsp3) is 0.0556. The third-order valence-corrected chi connectivity index (χ3v) is 5.96. The molecule has 0 bridgehead atoms. The van der Waals surface area contributed by atoms with Crippen LogP contribution in [-0.4, -0.2) is 28.2 Å². The number of primary sulfonamides is 1. The summed E-state index contributed by atoms with van der Waals surface area (Å²) in [6.45, 7) is 0. The van der Waals surface area contributed by atoms with Gasteiger partial charge in [-0.3, -0.25) is 4.79 Å². The fourth-order valence-electron chi connectivity index (χ4n) is 2.71. The van der Waals surface area contributed by atoms with Crippen molar-refractivity contribution >= 4 is 32.8 Å². The van der Waals surface area contributed by atoms with E-state index in [9.17, 15) is 17.6 Å². The number of sulfonamides is 1. The summed E-state index contributed by atoms with van der Waals surface area (Å²) in [4.78, 5) is 19.5. The highest BCUT2D eigenvalue weighted by Crippen LogP contribution is 2.22. The van der Waals surface area contributed by atoms with Crippen molar-refractivity contribution in [1.82, 2.24) is 19.7 Å². The van der Waals surface area contributed by atoms with E-state index in [2.05, 4.69) is 15.1 Å². The number of nitrogens with zero attached hydrogens (tertiary/aromatic N) is 3. The Labute approximate surface area is 168 Å². The average molecular weight is 431 g/mol. The highest BCUT2D eigenvalue weighted by Gasteiger charge is 2.13. The first kappa shape index (κ1) is 19.3. The summed E-state index contributed by atoms with van der Waals surface area (Å²) in [6, 6.07) is 11.9. The Bertz CT molecular complexity index is 1360. The highest BCUT2D eigenvalue weighted by atomic mass is 32.2. The number of aromatic nitrogens is 4. The number of rotatable bonds is 5. The minimum absolute atomic E-state index is 0.0325. The number of aromatic amines is 1. The minimum atomic E-state index is -3.81. The van der Waals surface area contributed by atoms with Crippen LogP contribution in [0, 0.1) is 5.82 Å². The Kier molecular flexibility index (Phi) is 4.94. The van der Waals surface area contributed by atoms with Crippen LogP contribution in [0.4, 0.5) is 4.39 Å². The van der Waals surface area contributed by atoms with Gasteiger partial charge in [-0.1, -0.05) is 23.9 Å². The average Bonchev–Trinajstić information content (AvgIpc) is 3.10. The topological polar surface area (TPSA) is 124 Å².